The van der Waals surface area contributed by atoms with Crippen molar-refractivity contribution in [2.75, 3.05) is 6.54 Å². The molecule has 1 atom stereocenters. The first-order chi connectivity index (χ1) is 8.12. The molecule has 0 spiro atoms. The van der Waals surface area contributed by atoms with Crippen molar-refractivity contribution < 1.29 is 27.9 Å². The molecule has 1 aromatic rings. The van der Waals surface area contributed by atoms with Crippen molar-refractivity contribution in [2.45, 2.75) is 25.2 Å². The van der Waals surface area contributed by atoms with Gasteiger partial charge in [-0.1, -0.05) is 5.16 Å². The van der Waals surface area contributed by atoms with Gasteiger partial charge in [0.1, 0.15) is 17.2 Å². The third kappa shape index (κ3) is 4.09. The van der Waals surface area contributed by atoms with Crippen LogP contribution in [0.25, 0.3) is 0 Å². The molecule has 8 nitrogen and oxygen atoms in total. The molecule has 102 valence electrons. The lowest BCUT2D eigenvalue weighted by Gasteiger charge is -2.17. The Morgan fingerprint density at radius 3 is 2.67 bits per heavy atom. The summed E-state index contributed by atoms with van der Waals surface area (Å²) in [5.41, 5.74) is -1.96. The van der Waals surface area contributed by atoms with Crippen LogP contribution in [0.2, 0.25) is 0 Å². The Balaban J connectivity index is 2.64. The number of carboxylic acid groups (broad SMARTS) is 1. The van der Waals surface area contributed by atoms with E-state index >= 15 is 0 Å². The minimum atomic E-state index is -3.78. The summed E-state index contributed by atoms with van der Waals surface area (Å²) in [6.45, 7) is 1.99. The lowest BCUT2D eigenvalue weighted by Crippen LogP contribution is -2.46. The summed E-state index contributed by atoms with van der Waals surface area (Å²) >= 11 is 0. The van der Waals surface area contributed by atoms with Crippen molar-refractivity contribution in [1.82, 2.24) is 9.88 Å². The van der Waals surface area contributed by atoms with E-state index in [2.05, 4.69) is 5.16 Å². The summed E-state index contributed by atoms with van der Waals surface area (Å²) in [7, 11) is -3.78. The normalized spacial score (nSPS) is 15.3. The first-order valence-corrected chi connectivity index (χ1v) is 6.63. The maximum absolute atomic E-state index is 11.6. The fourth-order valence-corrected chi connectivity index (χ4v) is 2.19. The van der Waals surface area contributed by atoms with Crippen LogP contribution in [0.3, 0.4) is 0 Å². The number of nitrogens with one attached hydrogen (secondary N) is 1. The minimum Gasteiger partial charge on any atom is -0.479 e. The predicted octanol–water partition coefficient (Wildman–Crippen LogP) is -0.762. The van der Waals surface area contributed by atoms with E-state index in [4.69, 9.17) is 9.63 Å². The van der Waals surface area contributed by atoms with Gasteiger partial charge in [0, 0.05) is 12.6 Å². The first-order valence-electron chi connectivity index (χ1n) is 4.98. The van der Waals surface area contributed by atoms with Gasteiger partial charge in [-0.05, 0) is 13.8 Å². The van der Waals surface area contributed by atoms with Crippen molar-refractivity contribution in [3.05, 3.63) is 17.5 Å². The highest BCUT2D eigenvalue weighted by Gasteiger charge is 2.31. The summed E-state index contributed by atoms with van der Waals surface area (Å²) in [5.74, 6) is -1.49. The molecule has 0 aliphatic heterocycles. The Bertz CT molecular complexity index is 533. The van der Waals surface area contributed by atoms with E-state index in [1.165, 1.54) is 6.07 Å². The molecule has 1 rings (SSSR count). The Morgan fingerprint density at radius 1 is 1.61 bits per heavy atom. The zero-order chi connectivity index (χ0) is 14.0. The molecule has 0 radical (unpaired) electrons. The molecule has 1 aromatic heterocycles. The standard InChI is InChI=1S/C9H14N2O6S/c1-6-3-7(11-17-6)4-18(15,16)10-5-9(2,14)8(12)13/h3,10,14H,4-5H2,1-2H3,(H,12,13). The van der Waals surface area contributed by atoms with Gasteiger partial charge in [-0.15, -0.1) is 0 Å². The molecule has 0 amide bonds. The van der Waals surface area contributed by atoms with Gasteiger partial charge < -0.3 is 14.7 Å². The van der Waals surface area contributed by atoms with Crippen molar-refractivity contribution >= 4 is 16.0 Å². The van der Waals surface area contributed by atoms with Crippen LogP contribution in [0.4, 0.5) is 0 Å². The molecule has 1 heterocycles. The van der Waals surface area contributed by atoms with Crippen LogP contribution in [0.1, 0.15) is 18.4 Å². The second-order valence-corrected chi connectivity index (χ2v) is 5.89. The number of rotatable bonds is 6. The number of aliphatic hydroxyl groups is 1. The van der Waals surface area contributed by atoms with Gasteiger partial charge in [-0.3, -0.25) is 0 Å². The minimum absolute atomic E-state index is 0.204. The molecule has 9 heteroatoms. The molecular weight excluding hydrogens is 264 g/mol. The molecule has 3 N–H and O–H groups in total. The fourth-order valence-electron chi connectivity index (χ4n) is 1.06. The number of nitrogens with zero attached hydrogens (tertiary/aromatic N) is 1. The van der Waals surface area contributed by atoms with Gasteiger partial charge in [0.2, 0.25) is 10.0 Å². The molecule has 0 saturated carbocycles. The van der Waals surface area contributed by atoms with Gasteiger partial charge in [0.05, 0.1) is 0 Å². The van der Waals surface area contributed by atoms with Gasteiger partial charge in [0.15, 0.2) is 5.60 Å². The van der Waals surface area contributed by atoms with Crippen LogP contribution in [0.15, 0.2) is 10.6 Å². The van der Waals surface area contributed by atoms with Gasteiger partial charge in [-0.25, -0.2) is 17.9 Å². The highest BCUT2D eigenvalue weighted by atomic mass is 32.2. The molecule has 0 aliphatic carbocycles. The second kappa shape index (κ2) is 5.04. The van der Waals surface area contributed by atoms with E-state index in [0.717, 1.165) is 6.92 Å². The summed E-state index contributed by atoms with van der Waals surface area (Å²) in [5, 5.41) is 21.5. The smallest absolute Gasteiger partial charge is 0.336 e. The first kappa shape index (κ1) is 14.6. The summed E-state index contributed by atoms with van der Waals surface area (Å²) < 4.78 is 29.9. The number of aliphatic carboxylic acids is 1. The molecule has 18 heavy (non-hydrogen) atoms. The maximum Gasteiger partial charge on any atom is 0.336 e. The average Bonchev–Trinajstić information content (AvgIpc) is 2.60. The molecule has 1 unspecified atom stereocenters. The Kier molecular flexibility index (Phi) is 4.09. The van der Waals surface area contributed by atoms with Crippen molar-refractivity contribution in [1.29, 1.82) is 0 Å². The van der Waals surface area contributed by atoms with Gasteiger partial charge >= 0.3 is 5.97 Å². The molecular formula is C9H14N2O6S. The van der Waals surface area contributed by atoms with Crippen molar-refractivity contribution in [2.24, 2.45) is 0 Å². The van der Waals surface area contributed by atoms with Crippen LogP contribution >= 0.6 is 0 Å². The predicted molar refractivity (Wildman–Crippen MR) is 60.1 cm³/mol. The van der Waals surface area contributed by atoms with E-state index < -0.39 is 33.9 Å². The lowest BCUT2D eigenvalue weighted by molar-refractivity contribution is -0.155. The van der Waals surface area contributed by atoms with Crippen molar-refractivity contribution in [3.8, 4) is 0 Å². The third-order valence-corrected chi connectivity index (χ3v) is 3.37. The van der Waals surface area contributed by atoms with Crippen LogP contribution < -0.4 is 4.72 Å². The summed E-state index contributed by atoms with van der Waals surface area (Å²) in [6.07, 6.45) is 0. The number of aromatic nitrogens is 1. The SMILES string of the molecule is Cc1cc(CS(=O)(=O)NCC(C)(O)C(=O)O)no1. The molecule has 0 fully saturated rings. The molecule has 0 bridgehead atoms. The Hall–Kier alpha value is -1.45. The van der Waals surface area contributed by atoms with E-state index in [1.807, 2.05) is 4.72 Å². The number of sulfonamides is 1. The highest BCUT2D eigenvalue weighted by molar-refractivity contribution is 7.88. The van der Waals surface area contributed by atoms with Crippen LogP contribution in [0, 0.1) is 6.92 Å². The number of carboxylic acids is 1. The average molecular weight is 278 g/mol. The van der Waals surface area contributed by atoms with E-state index in [-0.39, 0.29) is 5.69 Å². The van der Waals surface area contributed by atoms with E-state index in [9.17, 15) is 18.3 Å². The van der Waals surface area contributed by atoms with E-state index in [1.54, 1.807) is 6.92 Å². The highest BCUT2D eigenvalue weighted by Crippen LogP contribution is 2.07. The summed E-state index contributed by atoms with van der Waals surface area (Å²) in [6, 6.07) is 1.45. The zero-order valence-corrected chi connectivity index (χ0v) is 10.7. The fraction of sp³-hybridized carbons (Fsp3) is 0.556. The number of hydrogen-bond acceptors (Lipinski definition) is 6. The second-order valence-electron chi connectivity index (χ2n) is 4.09. The number of carbonyl (C=O) groups is 1. The number of hydrogen-bond donors (Lipinski definition) is 3. The molecule has 0 aliphatic rings. The Morgan fingerprint density at radius 2 is 2.22 bits per heavy atom. The van der Waals surface area contributed by atoms with Crippen LogP contribution in [-0.2, 0) is 20.6 Å². The van der Waals surface area contributed by atoms with Gasteiger partial charge in [-0.2, -0.15) is 0 Å². The molecule has 0 aromatic carbocycles. The third-order valence-electron chi connectivity index (χ3n) is 2.11. The topological polar surface area (TPSA) is 130 Å². The maximum atomic E-state index is 11.6. The number of aryl methyl sites for hydroxylation is 1. The van der Waals surface area contributed by atoms with Crippen molar-refractivity contribution in [3.63, 3.8) is 0 Å². The molecule has 0 saturated heterocycles. The van der Waals surface area contributed by atoms with Gasteiger partial charge in [0.25, 0.3) is 0 Å². The zero-order valence-electron chi connectivity index (χ0n) is 9.87. The van der Waals surface area contributed by atoms with E-state index in [0.29, 0.717) is 5.76 Å². The van der Waals surface area contributed by atoms with Crippen LogP contribution in [-0.4, -0.2) is 41.9 Å². The Labute approximate surface area is 104 Å². The monoisotopic (exact) mass is 278 g/mol. The lowest BCUT2D eigenvalue weighted by atomic mass is 10.1. The largest absolute Gasteiger partial charge is 0.479 e. The van der Waals surface area contributed by atoms with Crippen LogP contribution in [0.5, 0.6) is 0 Å². The quantitative estimate of drug-likeness (QED) is 0.623. The summed E-state index contributed by atoms with van der Waals surface area (Å²) in [4.78, 5) is 10.6.